The molecule has 0 saturated carbocycles. The molecule has 3 rings (SSSR count). The van der Waals surface area contributed by atoms with Gasteiger partial charge in [-0.25, -0.2) is 9.37 Å². The Hall–Kier alpha value is -3.23. The van der Waals surface area contributed by atoms with E-state index in [2.05, 4.69) is 15.2 Å². The Morgan fingerprint density at radius 1 is 1.09 bits per heavy atom. The van der Waals surface area contributed by atoms with Crippen molar-refractivity contribution in [1.29, 1.82) is 0 Å². The molecular formula is C24H29FN4O3. The van der Waals surface area contributed by atoms with Gasteiger partial charge in [0.1, 0.15) is 17.8 Å². The number of methoxy groups -OCH3 is 1. The lowest BCUT2D eigenvalue weighted by Crippen LogP contribution is -2.31. The van der Waals surface area contributed by atoms with Gasteiger partial charge in [-0.15, -0.1) is 0 Å². The highest BCUT2D eigenvalue weighted by Crippen LogP contribution is 2.22. The van der Waals surface area contributed by atoms with Crippen LogP contribution < -0.4 is 10.1 Å². The first-order valence-electron chi connectivity index (χ1n) is 10.4. The van der Waals surface area contributed by atoms with Crippen LogP contribution in [0.3, 0.4) is 0 Å². The summed E-state index contributed by atoms with van der Waals surface area (Å²) >= 11 is 0. The zero-order valence-corrected chi connectivity index (χ0v) is 18.7. The zero-order chi connectivity index (χ0) is 22.9. The third-order valence-corrected chi connectivity index (χ3v) is 4.89. The predicted octanol–water partition coefficient (Wildman–Crippen LogP) is 3.32. The second kappa shape index (κ2) is 11.4. The monoisotopic (exact) mass is 440 g/mol. The number of likely N-dealkylation sites (N-methyl/N-ethyl adjacent to an activating group) is 1. The number of nitrogens with zero attached hydrogens (tertiary/aromatic N) is 3. The molecule has 0 spiro atoms. The average molecular weight is 441 g/mol. The fraction of sp³-hybridized carbons (Fsp3) is 0.333. The van der Waals surface area contributed by atoms with E-state index in [9.17, 15) is 9.18 Å². The highest BCUT2D eigenvalue weighted by atomic mass is 19.1. The van der Waals surface area contributed by atoms with Crippen LogP contribution in [-0.4, -0.2) is 55.0 Å². The van der Waals surface area contributed by atoms with Crippen molar-refractivity contribution in [1.82, 2.24) is 20.1 Å². The maximum Gasteiger partial charge on any atom is 0.273 e. The third kappa shape index (κ3) is 6.90. The van der Waals surface area contributed by atoms with Crippen LogP contribution in [0.15, 0.2) is 59.2 Å². The number of oxazole rings is 1. The van der Waals surface area contributed by atoms with Crippen molar-refractivity contribution >= 4 is 5.91 Å². The van der Waals surface area contributed by atoms with Crippen LogP contribution in [0.2, 0.25) is 0 Å². The Morgan fingerprint density at radius 2 is 1.84 bits per heavy atom. The molecule has 1 N–H and O–H groups in total. The van der Waals surface area contributed by atoms with Crippen molar-refractivity contribution in [2.75, 3.05) is 34.3 Å². The van der Waals surface area contributed by atoms with Gasteiger partial charge in [0.05, 0.1) is 13.7 Å². The smallest absolute Gasteiger partial charge is 0.273 e. The molecule has 0 aliphatic heterocycles. The summed E-state index contributed by atoms with van der Waals surface area (Å²) in [6, 6.07) is 14.2. The molecule has 7 nitrogen and oxygen atoms in total. The van der Waals surface area contributed by atoms with Crippen LogP contribution in [0.1, 0.15) is 27.5 Å². The summed E-state index contributed by atoms with van der Waals surface area (Å²) in [6.45, 7) is 2.75. The lowest BCUT2D eigenvalue weighted by molar-refractivity contribution is 0.0946. The van der Waals surface area contributed by atoms with Crippen LogP contribution in [0.4, 0.5) is 4.39 Å². The Balaban J connectivity index is 1.72. The number of carbonyl (C=O) groups is 1. The van der Waals surface area contributed by atoms with Crippen molar-refractivity contribution in [3.63, 3.8) is 0 Å². The number of hydrogen-bond donors (Lipinski definition) is 1. The summed E-state index contributed by atoms with van der Waals surface area (Å²) in [7, 11) is 5.52. The number of hydrogen-bond acceptors (Lipinski definition) is 6. The second-order valence-corrected chi connectivity index (χ2v) is 7.77. The molecule has 0 atom stereocenters. The van der Waals surface area contributed by atoms with Gasteiger partial charge in [-0.05, 0) is 37.9 Å². The Bertz CT molecular complexity index is 1000. The number of halogens is 1. The maximum atomic E-state index is 13.3. The number of ether oxygens (including phenoxy) is 1. The minimum absolute atomic E-state index is 0.248. The van der Waals surface area contributed by atoms with E-state index in [1.807, 2.05) is 43.3 Å². The molecule has 1 amide bonds. The van der Waals surface area contributed by atoms with E-state index in [-0.39, 0.29) is 17.4 Å². The van der Waals surface area contributed by atoms with Crippen LogP contribution >= 0.6 is 0 Å². The number of aromatic nitrogens is 1. The summed E-state index contributed by atoms with van der Waals surface area (Å²) in [5, 5.41) is 2.83. The van der Waals surface area contributed by atoms with Gasteiger partial charge < -0.3 is 19.4 Å². The fourth-order valence-corrected chi connectivity index (χ4v) is 3.25. The van der Waals surface area contributed by atoms with Crippen LogP contribution in [0.5, 0.6) is 5.75 Å². The first-order valence-corrected chi connectivity index (χ1v) is 10.4. The number of carbonyl (C=O) groups excluding carboxylic acids is 1. The van der Waals surface area contributed by atoms with Gasteiger partial charge in [0, 0.05) is 31.7 Å². The molecular weight excluding hydrogens is 411 g/mol. The number of para-hydroxylation sites is 1. The number of benzene rings is 2. The molecule has 2 aromatic carbocycles. The van der Waals surface area contributed by atoms with Crippen molar-refractivity contribution < 1.29 is 18.3 Å². The molecule has 0 aliphatic rings. The lowest BCUT2D eigenvalue weighted by atomic mass is 10.1. The van der Waals surface area contributed by atoms with Crippen molar-refractivity contribution in [3.8, 4) is 5.75 Å². The SMILES string of the molecule is COc1ccccc1CN(Cc1ccc(F)cc1)Cc1nc(C(=O)NCCN(C)C)co1. The Morgan fingerprint density at radius 3 is 2.56 bits per heavy atom. The summed E-state index contributed by atoms with van der Waals surface area (Å²) < 4.78 is 24.4. The average Bonchev–Trinajstić information content (AvgIpc) is 3.24. The third-order valence-electron chi connectivity index (χ3n) is 4.89. The summed E-state index contributed by atoms with van der Waals surface area (Å²) in [5.74, 6) is 0.670. The maximum absolute atomic E-state index is 13.3. The summed E-state index contributed by atoms with van der Waals surface area (Å²) in [5.41, 5.74) is 2.21. The summed E-state index contributed by atoms with van der Waals surface area (Å²) in [4.78, 5) is 20.8. The predicted molar refractivity (Wildman–Crippen MR) is 120 cm³/mol. The van der Waals surface area contributed by atoms with Gasteiger partial charge in [0.15, 0.2) is 5.69 Å². The van der Waals surface area contributed by atoms with Crippen molar-refractivity contribution in [3.05, 3.63) is 83.3 Å². The Labute approximate surface area is 187 Å². The molecule has 1 aromatic heterocycles. The molecule has 8 heteroatoms. The standard InChI is InChI=1S/C24H29FN4O3/c1-28(2)13-12-26-24(30)21-17-32-23(27-21)16-29(14-18-8-10-20(25)11-9-18)15-19-6-4-5-7-22(19)31-3/h4-11,17H,12-16H2,1-3H3,(H,26,30). The molecule has 0 fully saturated rings. The second-order valence-electron chi connectivity index (χ2n) is 7.77. The van der Waals surface area contributed by atoms with E-state index in [0.717, 1.165) is 23.4 Å². The molecule has 0 bridgehead atoms. The van der Waals surface area contributed by atoms with Gasteiger partial charge in [0.2, 0.25) is 5.89 Å². The van der Waals surface area contributed by atoms with Crippen LogP contribution in [0.25, 0.3) is 0 Å². The molecule has 170 valence electrons. The highest BCUT2D eigenvalue weighted by molar-refractivity contribution is 5.91. The molecule has 0 radical (unpaired) electrons. The van der Waals surface area contributed by atoms with Gasteiger partial charge >= 0.3 is 0 Å². The molecule has 1 heterocycles. The van der Waals surface area contributed by atoms with Crippen LogP contribution in [-0.2, 0) is 19.6 Å². The summed E-state index contributed by atoms with van der Waals surface area (Å²) in [6.07, 6.45) is 1.37. The van der Waals surface area contributed by atoms with E-state index in [4.69, 9.17) is 9.15 Å². The minimum atomic E-state index is -0.275. The van der Waals surface area contributed by atoms with Crippen LogP contribution in [0, 0.1) is 5.82 Å². The van der Waals surface area contributed by atoms with Gasteiger partial charge in [0.25, 0.3) is 5.91 Å². The lowest BCUT2D eigenvalue weighted by Gasteiger charge is -2.22. The fourth-order valence-electron chi connectivity index (χ4n) is 3.25. The first kappa shape index (κ1) is 23.4. The van der Waals surface area contributed by atoms with E-state index < -0.39 is 0 Å². The normalized spacial score (nSPS) is 11.2. The number of amides is 1. The zero-order valence-electron chi connectivity index (χ0n) is 18.7. The number of nitrogens with one attached hydrogen (secondary N) is 1. The number of rotatable bonds is 11. The molecule has 3 aromatic rings. The van der Waals surface area contributed by atoms with E-state index >= 15 is 0 Å². The highest BCUT2D eigenvalue weighted by Gasteiger charge is 2.17. The molecule has 0 unspecified atom stereocenters. The van der Waals surface area contributed by atoms with Crippen molar-refractivity contribution in [2.45, 2.75) is 19.6 Å². The minimum Gasteiger partial charge on any atom is -0.496 e. The first-order chi connectivity index (χ1) is 15.4. The van der Waals surface area contributed by atoms with E-state index in [0.29, 0.717) is 32.1 Å². The molecule has 0 aliphatic carbocycles. The largest absolute Gasteiger partial charge is 0.496 e. The topological polar surface area (TPSA) is 70.8 Å². The van der Waals surface area contributed by atoms with Gasteiger partial charge in [-0.1, -0.05) is 30.3 Å². The molecule has 32 heavy (non-hydrogen) atoms. The van der Waals surface area contributed by atoms with E-state index in [1.165, 1.54) is 18.4 Å². The van der Waals surface area contributed by atoms with Gasteiger partial charge in [-0.2, -0.15) is 0 Å². The van der Waals surface area contributed by atoms with Crippen molar-refractivity contribution in [2.24, 2.45) is 0 Å². The Kier molecular flexibility index (Phi) is 8.35. The van der Waals surface area contributed by atoms with E-state index in [1.54, 1.807) is 19.2 Å². The van der Waals surface area contributed by atoms with Gasteiger partial charge in [-0.3, -0.25) is 9.69 Å². The molecule has 0 saturated heterocycles. The quantitative estimate of drug-likeness (QED) is 0.493.